The van der Waals surface area contributed by atoms with Gasteiger partial charge in [0.1, 0.15) is 6.54 Å². The Morgan fingerprint density at radius 3 is 2.72 bits per heavy atom. The summed E-state index contributed by atoms with van der Waals surface area (Å²) in [6.45, 7) is 3.07. The summed E-state index contributed by atoms with van der Waals surface area (Å²) in [6, 6.07) is 1.61. The molecule has 0 amide bonds. The van der Waals surface area contributed by atoms with Crippen molar-refractivity contribution < 1.29 is 37.1 Å². The van der Waals surface area contributed by atoms with E-state index in [0.29, 0.717) is 17.7 Å². The molecule has 1 fully saturated rings. The van der Waals surface area contributed by atoms with Crippen molar-refractivity contribution in [3.05, 3.63) is 23.5 Å². The molecule has 1 unspecified atom stereocenters. The van der Waals surface area contributed by atoms with E-state index in [1.54, 1.807) is 19.1 Å². The Morgan fingerprint density at radius 2 is 2.10 bits per heavy atom. The number of hydrogen-bond acceptors (Lipinski definition) is 8. The number of hydrogen-bond donors (Lipinski definition) is 0. The number of halogens is 3. The molecule has 0 aliphatic carbocycles. The Kier molecular flexibility index (Phi) is 7.85. The van der Waals surface area contributed by atoms with E-state index in [1.807, 2.05) is 0 Å². The zero-order valence-electron chi connectivity index (χ0n) is 15.8. The maximum atomic E-state index is 12.5. The number of piperidine rings is 1. The van der Waals surface area contributed by atoms with Gasteiger partial charge in [-0.25, -0.2) is 4.79 Å². The highest BCUT2D eigenvalue weighted by molar-refractivity contribution is 8.14. The fourth-order valence-corrected chi connectivity index (χ4v) is 3.59. The number of ether oxygens (including phenoxy) is 1. The van der Waals surface area contributed by atoms with Gasteiger partial charge in [0.05, 0.1) is 18.8 Å². The largest absolute Gasteiger partial charge is 0.492 e. The number of nitrogens with zero attached hydrogens (tertiary/aromatic N) is 3. The molecule has 1 aliphatic rings. The van der Waals surface area contributed by atoms with Crippen LogP contribution in [0.1, 0.15) is 26.0 Å². The van der Waals surface area contributed by atoms with Crippen LogP contribution >= 0.6 is 11.8 Å². The highest BCUT2D eigenvalue weighted by atomic mass is 32.2. The molecule has 8 nitrogen and oxygen atoms in total. The first-order chi connectivity index (χ1) is 13.6. The van der Waals surface area contributed by atoms with Crippen molar-refractivity contribution in [2.45, 2.75) is 38.2 Å². The summed E-state index contributed by atoms with van der Waals surface area (Å²) in [6.07, 6.45) is -1.72. The van der Waals surface area contributed by atoms with Crippen LogP contribution in [0.15, 0.2) is 17.8 Å². The van der Waals surface area contributed by atoms with Gasteiger partial charge < -0.3 is 9.57 Å². The smallest absolute Gasteiger partial charge is 0.465 e. The van der Waals surface area contributed by atoms with Gasteiger partial charge in [0.15, 0.2) is 5.12 Å². The molecule has 1 aliphatic heterocycles. The van der Waals surface area contributed by atoms with Gasteiger partial charge in [0, 0.05) is 24.9 Å². The van der Waals surface area contributed by atoms with E-state index < -0.39 is 18.1 Å². The highest BCUT2D eigenvalue weighted by Gasteiger charge is 2.43. The summed E-state index contributed by atoms with van der Waals surface area (Å²) in [5.41, 5.74) is 1.07. The number of rotatable bonds is 6. The Bertz CT molecular complexity index is 794. The first kappa shape index (κ1) is 22.9. The van der Waals surface area contributed by atoms with Crippen LogP contribution in [0.5, 0.6) is 0 Å². The lowest BCUT2D eigenvalue weighted by molar-refractivity contribution is -0.238. The number of carbonyl (C=O) groups excluding carboxylic acids is 3. The molecule has 1 aromatic heterocycles. The quantitative estimate of drug-likeness (QED) is 0.629. The molecule has 0 aromatic carbocycles. The molecule has 0 radical (unpaired) electrons. The summed E-state index contributed by atoms with van der Waals surface area (Å²) < 4.78 is 43.7. The molecule has 1 atom stereocenters. The zero-order chi connectivity index (χ0) is 21.6. The van der Waals surface area contributed by atoms with Crippen molar-refractivity contribution in [3.63, 3.8) is 0 Å². The number of thioether (sulfide) groups is 1. The average molecular weight is 435 g/mol. The molecule has 29 heavy (non-hydrogen) atoms. The summed E-state index contributed by atoms with van der Waals surface area (Å²) in [7, 11) is 0. The summed E-state index contributed by atoms with van der Waals surface area (Å²) in [5, 5.41) is 4.49. The number of alkyl halides is 3. The van der Waals surface area contributed by atoms with Crippen LogP contribution in [0.4, 0.5) is 13.2 Å². The van der Waals surface area contributed by atoms with Gasteiger partial charge in [-0.1, -0.05) is 11.8 Å². The van der Waals surface area contributed by atoms with Gasteiger partial charge in [-0.2, -0.15) is 18.3 Å². The van der Waals surface area contributed by atoms with Crippen LogP contribution in [0.3, 0.4) is 0 Å². The van der Waals surface area contributed by atoms with Gasteiger partial charge in [-0.05, 0) is 31.1 Å². The Hall–Kier alpha value is -2.34. The van der Waals surface area contributed by atoms with Crippen LogP contribution < -0.4 is 0 Å². The monoisotopic (exact) mass is 435 g/mol. The molecule has 0 N–H and O–H groups in total. The van der Waals surface area contributed by atoms with Crippen molar-refractivity contribution in [2.24, 2.45) is 0 Å². The lowest BCUT2D eigenvalue weighted by Gasteiger charge is -2.32. The molecule has 1 saturated heterocycles. The molecule has 12 heteroatoms. The Labute approximate surface area is 168 Å². The normalized spacial score (nSPS) is 19.2. The predicted octanol–water partition coefficient (Wildman–Crippen LogP) is 2.20. The number of carbonyl (C=O) groups is 3. The maximum Gasteiger partial charge on any atom is 0.492 e. The van der Waals surface area contributed by atoms with Gasteiger partial charge in [-0.15, -0.1) is 5.06 Å². The number of aromatic nitrogens is 2. The third-order valence-corrected chi connectivity index (χ3v) is 4.99. The molecular weight excluding hydrogens is 415 g/mol. The Morgan fingerprint density at radius 1 is 1.38 bits per heavy atom. The van der Waals surface area contributed by atoms with E-state index in [4.69, 9.17) is 4.74 Å². The van der Waals surface area contributed by atoms with E-state index in [2.05, 4.69) is 9.94 Å². The summed E-state index contributed by atoms with van der Waals surface area (Å²) in [4.78, 5) is 38.8. The van der Waals surface area contributed by atoms with Crippen molar-refractivity contribution in [1.82, 2.24) is 14.8 Å². The minimum Gasteiger partial charge on any atom is -0.465 e. The van der Waals surface area contributed by atoms with E-state index in [9.17, 15) is 27.6 Å². The number of hydroxylamine groups is 2. The van der Waals surface area contributed by atoms with Crippen molar-refractivity contribution in [1.29, 1.82) is 0 Å². The predicted molar refractivity (Wildman–Crippen MR) is 97.2 cm³/mol. The SMILES string of the molecule is CCOC(=O)Cn1nccc1/C=C1\CN(OC(=O)C(F)(F)F)CCC1SC(C)=O. The zero-order valence-corrected chi connectivity index (χ0v) is 16.6. The van der Waals surface area contributed by atoms with Gasteiger partial charge in [-0.3, -0.25) is 14.3 Å². The number of esters is 1. The van der Waals surface area contributed by atoms with E-state index in [1.165, 1.54) is 17.8 Å². The summed E-state index contributed by atoms with van der Waals surface area (Å²) in [5.74, 6) is -2.79. The highest BCUT2D eigenvalue weighted by Crippen LogP contribution is 2.31. The molecule has 0 saturated carbocycles. The first-order valence-corrected chi connectivity index (χ1v) is 9.57. The minimum atomic E-state index is -5.10. The summed E-state index contributed by atoms with van der Waals surface area (Å²) >= 11 is 1.04. The first-order valence-electron chi connectivity index (χ1n) is 8.69. The minimum absolute atomic E-state index is 0.0478. The maximum absolute atomic E-state index is 12.5. The Balaban J connectivity index is 2.22. The molecule has 2 rings (SSSR count). The van der Waals surface area contributed by atoms with Crippen LogP contribution in [0.25, 0.3) is 6.08 Å². The fourth-order valence-electron chi connectivity index (χ4n) is 2.67. The molecule has 2 heterocycles. The van der Waals surface area contributed by atoms with E-state index >= 15 is 0 Å². The van der Waals surface area contributed by atoms with Crippen LogP contribution in [0, 0.1) is 0 Å². The second kappa shape index (κ2) is 9.92. The van der Waals surface area contributed by atoms with Crippen LogP contribution in [-0.4, -0.2) is 63.0 Å². The van der Waals surface area contributed by atoms with Gasteiger partial charge in [0.25, 0.3) is 0 Å². The van der Waals surface area contributed by atoms with Crippen LogP contribution in [-0.2, 0) is 30.5 Å². The molecule has 0 spiro atoms. The van der Waals surface area contributed by atoms with Crippen molar-refractivity contribution in [3.8, 4) is 0 Å². The van der Waals surface area contributed by atoms with E-state index in [0.717, 1.165) is 16.8 Å². The topological polar surface area (TPSA) is 90.7 Å². The lowest BCUT2D eigenvalue weighted by atomic mass is 10.0. The standard InChI is InChI=1S/C17H20F3N3O5S/c1-3-27-15(25)10-23-13(4-6-21-23)8-12-9-22(28-16(26)17(18,19)20)7-5-14(12)29-11(2)24/h4,6,8,14H,3,5,7,9-10H2,1-2H3/b12-8+. The molecule has 160 valence electrons. The molecule has 0 bridgehead atoms. The third kappa shape index (κ3) is 6.89. The fraction of sp³-hybridized carbons (Fsp3) is 0.529. The van der Waals surface area contributed by atoms with Crippen LogP contribution in [0.2, 0.25) is 0 Å². The second-order valence-corrected chi connectivity index (χ2v) is 7.44. The van der Waals surface area contributed by atoms with Crippen molar-refractivity contribution >= 4 is 34.9 Å². The molecular formula is C17H20F3N3O5S. The second-order valence-electron chi connectivity index (χ2n) is 6.06. The van der Waals surface area contributed by atoms with Crippen molar-refractivity contribution in [2.75, 3.05) is 19.7 Å². The average Bonchev–Trinajstić information content (AvgIpc) is 3.03. The molecule has 1 aromatic rings. The third-order valence-electron chi connectivity index (χ3n) is 3.83. The van der Waals surface area contributed by atoms with Gasteiger partial charge in [0.2, 0.25) is 0 Å². The lowest BCUT2D eigenvalue weighted by Crippen LogP contribution is -2.41. The van der Waals surface area contributed by atoms with Gasteiger partial charge >= 0.3 is 18.1 Å². The van der Waals surface area contributed by atoms with E-state index in [-0.39, 0.29) is 36.6 Å².